The van der Waals surface area contributed by atoms with E-state index < -0.39 is 5.97 Å². The number of likely N-dealkylation sites (N-methyl/N-ethyl adjacent to an activating group) is 1. The highest BCUT2D eigenvalue weighted by Crippen LogP contribution is 2.12. The van der Waals surface area contributed by atoms with Gasteiger partial charge in [0, 0.05) is 12.5 Å². The van der Waals surface area contributed by atoms with Gasteiger partial charge in [0.1, 0.15) is 0 Å². The molecular formula is C18H28N2O3. The number of rotatable bonds is 9. The molecule has 0 spiro atoms. The van der Waals surface area contributed by atoms with Crippen LogP contribution in [0, 0.1) is 5.92 Å². The van der Waals surface area contributed by atoms with Crippen molar-refractivity contribution in [2.45, 2.75) is 45.2 Å². The summed E-state index contributed by atoms with van der Waals surface area (Å²) in [5.74, 6) is -0.705. The third-order valence-electron chi connectivity index (χ3n) is 3.83. The van der Waals surface area contributed by atoms with Crippen molar-refractivity contribution in [3.05, 3.63) is 35.9 Å². The van der Waals surface area contributed by atoms with E-state index in [1.165, 1.54) is 0 Å². The second-order valence-electron chi connectivity index (χ2n) is 6.48. The second kappa shape index (κ2) is 9.30. The summed E-state index contributed by atoms with van der Waals surface area (Å²) in [5.41, 5.74) is 1.09. The summed E-state index contributed by atoms with van der Waals surface area (Å²) in [6.07, 6.45) is 1.11. The van der Waals surface area contributed by atoms with E-state index >= 15 is 0 Å². The summed E-state index contributed by atoms with van der Waals surface area (Å²) < 4.78 is 0. The summed E-state index contributed by atoms with van der Waals surface area (Å²) >= 11 is 0. The van der Waals surface area contributed by atoms with Crippen LogP contribution in [-0.2, 0) is 16.0 Å². The fourth-order valence-corrected chi connectivity index (χ4v) is 2.84. The van der Waals surface area contributed by atoms with Crippen LogP contribution in [0.1, 0.15) is 32.3 Å². The number of benzene rings is 1. The van der Waals surface area contributed by atoms with E-state index in [1.54, 1.807) is 0 Å². The summed E-state index contributed by atoms with van der Waals surface area (Å²) in [6.45, 7) is 4.02. The van der Waals surface area contributed by atoms with E-state index in [2.05, 4.69) is 5.32 Å². The lowest BCUT2D eigenvalue weighted by Crippen LogP contribution is -2.50. The van der Waals surface area contributed by atoms with Crippen LogP contribution in [0.3, 0.4) is 0 Å². The standard InChI is InChI=1S/C18H28N2O3/c1-13(2)17(20(3)4)18(23)19-15(10-11-16(21)22)12-14-8-6-5-7-9-14/h5-9,13,15,17H,10-12H2,1-4H3,(H,19,23)(H,21,22)/t15?,17-/m1/s1. The Bertz CT molecular complexity index is 492. The van der Waals surface area contributed by atoms with E-state index in [0.717, 1.165) is 5.56 Å². The van der Waals surface area contributed by atoms with Gasteiger partial charge >= 0.3 is 5.97 Å². The fourth-order valence-electron chi connectivity index (χ4n) is 2.84. The van der Waals surface area contributed by atoms with Crippen molar-refractivity contribution in [1.82, 2.24) is 10.2 Å². The molecule has 0 radical (unpaired) electrons. The molecule has 0 aliphatic heterocycles. The largest absolute Gasteiger partial charge is 0.481 e. The first-order chi connectivity index (χ1) is 10.8. The van der Waals surface area contributed by atoms with Crippen LogP contribution >= 0.6 is 0 Å². The minimum Gasteiger partial charge on any atom is -0.481 e. The Labute approximate surface area is 138 Å². The molecule has 2 atom stereocenters. The fraction of sp³-hybridized carbons (Fsp3) is 0.556. The highest BCUT2D eigenvalue weighted by atomic mass is 16.4. The van der Waals surface area contributed by atoms with Gasteiger partial charge in [0.25, 0.3) is 0 Å². The van der Waals surface area contributed by atoms with Crippen LogP contribution in [0.5, 0.6) is 0 Å². The van der Waals surface area contributed by atoms with Crippen molar-refractivity contribution in [1.29, 1.82) is 0 Å². The average Bonchev–Trinajstić information content (AvgIpc) is 2.44. The van der Waals surface area contributed by atoms with Gasteiger partial charge in [0.05, 0.1) is 6.04 Å². The molecule has 23 heavy (non-hydrogen) atoms. The molecule has 1 rings (SSSR count). The number of nitrogens with one attached hydrogen (secondary N) is 1. The summed E-state index contributed by atoms with van der Waals surface area (Å²) in [7, 11) is 3.77. The molecule has 0 aliphatic carbocycles. The predicted molar refractivity (Wildman–Crippen MR) is 91.3 cm³/mol. The van der Waals surface area contributed by atoms with Gasteiger partial charge in [-0.2, -0.15) is 0 Å². The lowest BCUT2D eigenvalue weighted by molar-refractivity contribution is -0.137. The molecule has 1 aromatic carbocycles. The zero-order valence-electron chi connectivity index (χ0n) is 14.5. The summed E-state index contributed by atoms with van der Waals surface area (Å²) in [6, 6.07) is 9.41. The van der Waals surface area contributed by atoms with Gasteiger partial charge in [-0.05, 0) is 38.4 Å². The minimum atomic E-state index is -0.842. The van der Waals surface area contributed by atoms with Crippen molar-refractivity contribution in [2.24, 2.45) is 5.92 Å². The van der Waals surface area contributed by atoms with Crippen molar-refractivity contribution >= 4 is 11.9 Å². The van der Waals surface area contributed by atoms with Gasteiger partial charge in [-0.15, -0.1) is 0 Å². The van der Waals surface area contributed by atoms with E-state index in [4.69, 9.17) is 5.11 Å². The van der Waals surface area contributed by atoms with E-state index in [9.17, 15) is 9.59 Å². The third kappa shape index (κ3) is 6.82. The Balaban J connectivity index is 2.78. The van der Waals surface area contributed by atoms with Gasteiger partial charge in [-0.3, -0.25) is 14.5 Å². The number of hydrogen-bond acceptors (Lipinski definition) is 3. The van der Waals surface area contributed by atoms with E-state index in [1.807, 2.05) is 63.2 Å². The zero-order valence-corrected chi connectivity index (χ0v) is 14.5. The number of carboxylic acid groups (broad SMARTS) is 1. The second-order valence-corrected chi connectivity index (χ2v) is 6.48. The first kappa shape index (κ1) is 19.2. The van der Waals surface area contributed by atoms with Gasteiger partial charge in [0.15, 0.2) is 0 Å². The number of carbonyl (C=O) groups is 2. The maximum Gasteiger partial charge on any atom is 0.303 e. The molecule has 1 aromatic rings. The van der Waals surface area contributed by atoms with Gasteiger partial charge in [-0.1, -0.05) is 44.2 Å². The lowest BCUT2D eigenvalue weighted by atomic mass is 9.98. The molecule has 0 aliphatic rings. The summed E-state index contributed by atoms with van der Waals surface area (Å²) in [5, 5.41) is 12.0. The van der Waals surface area contributed by atoms with Crippen molar-refractivity contribution in [2.75, 3.05) is 14.1 Å². The number of amides is 1. The van der Waals surface area contributed by atoms with Gasteiger partial charge in [-0.25, -0.2) is 0 Å². The first-order valence-corrected chi connectivity index (χ1v) is 8.03. The Morgan fingerprint density at radius 2 is 1.78 bits per heavy atom. The Morgan fingerprint density at radius 1 is 1.17 bits per heavy atom. The molecule has 128 valence electrons. The third-order valence-corrected chi connectivity index (χ3v) is 3.83. The molecule has 2 N–H and O–H groups in total. The highest BCUT2D eigenvalue weighted by Gasteiger charge is 2.26. The van der Waals surface area contributed by atoms with Crippen LogP contribution in [-0.4, -0.2) is 48.1 Å². The molecule has 5 heteroatoms. The highest BCUT2D eigenvalue weighted by molar-refractivity contribution is 5.82. The number of carboxylic acids is 1. The minimum absolute atomic E-state index is 0.0451. The van der Waals surface area contributed by atoms with Crippen LogP contribution in [0.25, 0.3) is 0 Å². The average molecular weight is 320 g/mol. The Hall–Kier alpha value is -1.88. The maximum absolute atomic E-state index is 12.6. The molecule has 1 unspecified atom stereocenters. The molecular weight excluding hydrogens is 292 g/mol. The number of hydrogen-bond donors (Lipinski definition) is 2. The van der Waals surface area contributed by atoms with Gasteiger partial charge in [0.2, 0.25) is 5.91 Å². The smallest absolute Gasteiger partial charge is 0.303 e. The summed E-state index contributed by atoms with van der Waals surface area (Å²) in [4.78, 5) is 25.3. The molecule has 0 bridgehead atoms. The number of nitrogens with zero attached hydrogens (tertiary/aromatic N) is 1. The molecule has 0 fully saturated rings. The van der Waals surface area contributed by atoms with Crippen LogP contribution in [0.15, 0.2) is 30.3 Å². The number of aliphatic carboxylic acids is 1. The van der Waals surface area contributed by atoms with Gasteiger partial charge < -0.3 is 10.4 Å². The molecule has 5 nitrogen and oxygen atoms in total. The van der Waals surface area contributed by atoms with E-state index in [0.29, 0.717) is 12.8 Å². The molecule has 0 aromatic heterocycles. The Kier molecular flexibility index (Phi) is 7.75. The molecule has 0 saturated carbocycles. The molecule has 0 saturated heterocycles. The van der Waals surface area contributed by atoms with E-state index in [-0.39, 0.29) is 30.3 Å². The normalized spacial score (nSPS) is 13.8. The predicted octanol–water partition coefficient (Wildman–Crippen LogP) is 2.16. The topological polar surface area (TPSA) is 69.6 Å². The SMILES string of the molecule is CC(C)[C@H](C(=O)NC(CCC(=O)O)Cc1ccccc1)N(C)C. The monoisotopic (exact) mass is 320 g/mol. The number of carbonyl (C=O) groups excluding carboxylic acids is 1. The molecule has 1 amide bonds. The Morgan fingerprint density at radius 3 is 2.26 bits per heavy atom. The first-order valence-electron chi connectivity index (χ1n) is 8.03. The molecule has 0 heterocycles. The maximum atomic E-state index is 12.6. The van der Waals surface area contributed by atoms with Crippen molar-refractivity contribution in [3.63, 3.8) is 0 Å². The lowest BCUT2D eigenvalue weighted by Gasteiger charge is -2.29. The zero-order chi connectivity index (χ0) is 17.4. The van der Waals surface area contributed by atoms with Crippen LogP contribution < -0.4 is 5.32 Å². The van der Waals surface area contributed by atoms with Crippen molar-refractivity contribution < 1.29 is 14.7 Å². The van der Waals surface area contributed by atoms with Crippen LogP contribution in [0.2, 0.25) is 0 Å². The quantitative estimate of drug-likeness (QED) is 0.731. The van der Waals surface area contributed by atoms with Crippen molar-refractivity contribution in [3.8, 4) is 0 Å². The van der Waals surface area contributed by atoms with Crippen LogP contribution in [0.4, 0.5) is 0 Å².